The molecule has 0 radical (unpaired) electrons. The molecule has 0 fully saturated rings. The van der Waals surface area contributed by atoms with Crippen molar-refractivity contribution < 1.29 is 23.9 Å². The Balaban J connectivity index is 3.77. The third-order valence-corrected chi connectivity index (χ3v) is 1.30. The van der Waals surface area contributed by atoms with Crippen LogP contribution in [0.2, 0.25) is 0 Å². The van der Waals surface area contributed by atoms with Gasteiger partial charge in [-0.15, -0.1) is 0 Å². The molecule has 0 aliphatic carbocycles. The van der Waals surface area contributed by atoms with Crippen LogP contribution in [0.25, 0.3) is 0 Å². The molecule has 8 heteroatoms. The summed E-state index contributed by atoms with van der Waals surface area (Å²) in [6.07, 6.45) is -0.800. The molecule has 3 N–H and O–H groups in total. The Hall–Kier alpha value is -1.99. The lowest BCUT2D eigenvalue weighted by Crippen LogP contribution is -2.49. The highest BCUT2D eigenvalue weighted by Crippen LogP contribution is 2.05. The van der Waals surface area contributed by atoms with Gasteiger partial charge in [0.1, 0.15) is 12.1 Å². The number of hydrazine groups is 1. The van der Waals surface area contributed by atoms with Crippen LogP contribution < -0.4 is 16.2 Å². The summed E-state index contributed by atoms with van der Waals surface area (Å²) in [5.74, 6) is -0.600. The average molecular weight is 247 g/mol. The molecule has 0 aromatic rings. The largest absolute Gasteiger partial charge is 0.468 e. The zero-order valence-corrected chi connectivity index (χ0v) is 10.2. The first-order valence-electron chi connectivity index (χ1n) is 4.84. The predicted molar refractivity (Wildman–Crippen MR) is 57.9 cm³/mol. The number of nitrogens with one attached hydrogen (secondary N) is 3. The zero-order valence-electron chi connectivity index (χ0n) is 10.2. The Kier molecular flexibility index (Phi) is 5.79. The van der Waals surface area contributed by atoms with Gasteiger partial charge in [0, 0.05) is 0 Å². The number of ether oxygens (including phenoxy) is 2. The number of amides is 3. The molecule has 0 aliphatic rings. The third-order valence-electron chi connectivity index (χ3n) is 1.30. The van der Waals surface area contributed by atoms with Crippen LogP contribution >= 0.6 is 0 Å². The summed E-state index contributed by atoms with van der Waals surface area (Å²) in [7, 11) is 1.20. The van der Waals surface area contributed by atoms with Gasteiger partial charge in [-0.05, 0) is 20.8 Å². The highest BCUT2D eigenvalue weighted by Gasteiger charge is 2.16. The van der Waals surface area contributed by atoms with Crippen molar-refractivity contribution in [1.29, 1.82) is 0 Å². The standard InChI is InChI=1S/C9H17N3O5/c1-9(2,3)17-8(15)12-11-7(14)10-5-6(13)16-4/h5H2,1-4H3,(H,12,15)(H2,10,11,14). The van der Waals surface area contributed by atoms with Crippen molar-refractivity contribution in [2.45, 2.75) is 26.4 Å². The fraction of sp³-hybridized carbons (Fsp3) is 0.667. The van der Waals surface area contributed by atoms with Gasteiger partial charge < -0.3 is 14.8 Å². The monoisotopic (exact) mass is 247 g/mol. The summed E-state index contributed by atoms with van der Waals surface area (Å²) >= 11 is 0. The van der Waals surface area contributed by atoms with Gasteiger partial charge in [-0.1, -0.05) is 0 Å². The first kappa shape index (κ1) is 15.0. The van der Waals surface area contributed by atoms with Crippen LogP contribution in [0.15, 0.2) is 0 Å². The number of rotatable bonds is 2. The van der Waals surface area contributed by atoms with Crippen LogP contribution in [-0.4, -0.2) is 37.3 Å². The van der Waals surface area contributed by atoms with Gasteiger partial charge in [-0.3, -0.25) is 4.79 Å². The second kappa shape index (κ2) is 6.56. The van der Waals surface area contributed by atoms with Crippen LogP contribution in [0.1, 0.15) is 20.8 Å². The van der Waals surface area contributed by atoms with E-state index in [1.807, 2.05) is 10.9 Å². The number of carbonyl (C=O) groups excluding carboxylic acids is 3. The molecule has 0 bridgehead atoms. The molecular weight excluding hydrogens is 230 g/mol. The van der Waals surface area contributed by atoms with Gasteiger partial charge in [0.25, 0.3) is 0 Å². The maximum absolute atomic E-state index is 11.1. The van der Waals surface area contributed by atoms with Crippen LogP contribution in [0, 0.1) is 0 Å². The second-order valence-electron chi connectivity index (χ2n) is 4.01. The Labute approximate surface area is 99.0 Å². The zero-order chi connectivity index (χ0) is 13.5. The summed E-state index contributed by atoms with van der Waals surface area (Å²) in [4.78, 5) is 32.8. The lowest BCUT2D eigenvalue weighted by atomic mass is 10.2. The number of hydrogen-bond acceptors (Lipinski definition) is 5. The highest BCUT2D eigenvalue weighted by atomic mass is 16.6. The maximum atomic E-state index is 11.1. The molecule has 0 aliphatic heterocycles. The number of esters is 1. The quantitative estimate of drug-likeness (QED) is 0.466. The molecule has 0 aromatic carbocycles. The van der Waals surface area contributed by atoms with Gasteiger partial charge in [0.15, 0.2) is 0 Å². The van der Waals surface area contributed by atoms with Crippen LogP contribution in [0.5, 0.6) is 0 Å². The normalized spacial score (nSPS) is 10.1. The van der Waals surface area contributed by atoms with E-state index in [1.54, 1.807) is 20.8 Å². The highest BCUT2D eigenvalue weighted by molar-refractivity contribution is 5.82. The Morgan fingerprint density at radius 1 is 1.12 bits per heavy atom. The van der Waals surface area contributed by atoms with E-state index >= 15 is 0 Å². The summed E-state index contributed by atoms with van der Waals surface area (Å²) in [5, 5.41) is 2.16. The van der Waals surface area contributed by atoms with Crippen LogP contribution in [0.3, 0.4) is 0 Å². The lowest BCUT2D eigenvalue weighted by molar-refractivity contribution is -0.139. The number of urea groups is 1. The van der Waals surface area contributed by atoms with E-state index in [4.69, 9.17) is 4.74 Å². The molecule has 8 nitrogen and oxygen atoms in total. The minimum Gasteiger partial charge on any atom is -0.468 e. The van der Waals surface area contributed by atoms with Gasteiger partial charge in [0.05, 0.1) is 7.11 Å². The molecule has 0 unspecified atom stereocenters. The van der Waals surface area contributed by atoms with E-state index in [0.29, 0.717) is 0 Å². The second-order valence-corrected chi connectivity index (χ2v) is 4.01. The van der Waals surface area contributed by atoms with Crippen LogP contribution in [-0.2, 0) is 14.3 Å². The summed E-state index contributed by atoms with van der Waals surface area (Å²) in [6.45, 7) is 4.76. The molecule has 0 spiro atoms. The molecule has 0 rings (SSSR count). The van der Waals surface area contributed by atoms with Gasteiger partial charge in [-0.2, -0.15) is 0 Å². The number of carbonyl (C=O) groups is 3. The van der Waals surface area contributed by atoms with Crippen molar-refractivity contribution in [3.05, 3.63) is 0 Å². The molecule has 3 amide bonds. The fourth-order valence-corrected chi connectivity index (χ4v) is 0.680. The molecule has 98 valence electrons. The topological polar surface area (TPSA) is 106 Å². The smallest absolute Gasteiger partial charge is 0.426 e. The SMILES string of the molecule is COC(=O)CNC(=O)NNC(=O)OC(C)(C)C. The van der Waals surface area contributed by atoms with Crippen LogP contribution in [0.4, 0.5) is 9.59 Å². The van der Waals surface area contributed by atoms with E-state index in [1.165, 1.54) is 7.11 Å². The average Bonchev–Trinajstić information content (AvgIpc) is 2.20. The minimum absolute atomic E-state index is 0.293. The summed E-state index contributed by atoms with van der Waals surface area (Å²) in [6, 6.07) is -0.749. The van der Waals surface area contributed by atoms with Crippen molar-refractivity contribution >= 4 is 18.1 Å². The van der Waals surface area contributed by atoms with E-state index in [2.05, 4.69) is 10.1 Å². The molecular formula is C9H17N3O5. The first-order valence-corrected chi connectivity index (χ1v) is 4.84. The molecule has 0 saturated carbocycles. The lowest BCUT2D eigenvalue weighted by Gasteiger charge is -2.19. The van der Waals surface area contributed by atoms with Crippen molar-refractivity contribution in [1.82, 2.24) is 16.2 Å². The summed E-state index contributed by atoms with van der Waals surface area (Å²) < 4.78 is 9.15. The Morgan fingerprint density at radius 2 is 1.71 bits per heavy atom. The van der Waals surface area contributed by atoms with E-state index in [9.17, 15) is 14.4 Å². The Morgan fingerprint density at radius 3 is 2.18 bits per heavy atom. The molecule has 0 aromatic heterocycles. The molecule has 0 heterocycles. The van der Waals surface area contributed by atoms with E-state index < -0.39 is 23.7 Å². The first-order chi connectivity index (χ1) is 7.74. The molecule has 0 atom stereocenters. The predicted octanol–water partition coefficient (Wildman–Crippen LogP) is -0.102. The van der Waals surface area contributed by atoms with Crippen molar-refractivity contribution in [3.63, 3.8) is 0 Å². The third kappa shape index (κ3) is 8.97. The summed E-state index contributed by atoms with van der Waals surface area (Å²) in [5.41, 5.74) is 3.35. The number of hydrogen-bond donors (Lipinski definition) is 3. The van der Waals surface area contributed by atoms with Crippen molar-refractivity contribution in [2.24, 2.45) is 0 Å². The molecule has 0 saturated heterocycles. The van der Waals surface area contributed by atoms with Crippen molar-refractivity contribution in [3.8, 4) is 0 Å². The van der Waals surface area contributed by atoms with E-state index in [-0.39, 0.29) is 6.54 Å². The maximum Gasteiger partial charge on any atom is 0.426 e. The fourth-order valence-electron chi connectivity index (χ4n) is 0.680. The molecule has 17 heavy (non-hydrogen) atoms. The number of methoxy groups -OCH3 is 1. The minimum atomic E-state index is -0.800. The van der Waals surface area contributed by atoms with Gasteiger partial charge >= 0.3 is 18.1 Å². The van der Waals surface area contributed by atoms with Crippen molar-refractivity contribution in [2.75, 3.05) is 13.7 Å². The van der Waals surface area contributed by atoms with E-state index in [0.717, 1.165) is 0 Å². The van der Waals surface area contributed by atoms with Gasteiger partial charge in [-0.25, -0.2) is 20.4 Å². The Bertz CT molecular complexity index is 297. The van der Waals surface area contributed by atoms with Gasteiger partial charge in [0.2, 0.25) is 0 Å².